The van der Waals surface area contributed by atoms with E-state index in [1.807, 2.05) is 52.0 Å². The highest BCUT2D eigenvalue weighted by molar-refractivity contribution is 5.83. The highest BCUT2D eigenvalue weighted by Gasteiger charge is 2.56. The number of allylic oxidation sites excluding steroid dienone is 6. The van der Waals surface area contributed by atoms with Crippen molar-refractivity contribution in [2.75, 3.05) is 7.11 Å². The Kier molecular flexibility index (Phi) is 6.98. The molecule has 0 aromatic rings. The monoisotopic (exact) mass is 348 g/mol. The first-order valence-corrected chi connectivity index (χ1v) is 8.70. The molecule has 140 valence electrons. The summed E-state index contributed by atoms with van der Waals surface area (Å²) in [5.41, 5.74) is -1.11. The van der Waals surface area contributed by atoms with Gasteiger partial charge in [-0.05, 0) is 57.1 Å². The zero-order valence-electron chi connectivity index (χ0n) is 16.3. The maximum Gasteiger partial charge on any atom is 0.330 e. The molecular weight excluding hydrogens is 316 g/mol. The van der Waals surface area contributed by atoms with Crippen molar-refractivity contribution in [2.24, 2.45) is 5.41 Å². The predicted molar refractivity (Wildman–Crippen MR) is 101 cm³/mol. The summed E-state index contributed by atoms with van der Waals surface area (Å²) < 4.78 is 4.58. The average molecular weight is 348 g/mol. The van der Waals surface area contributed by atoms with Gasteiger partial charge in [-0.2, -0.15) is 0 Å². The van der Waals surface area contributed by atoms with Crippen LogP contribution >= 0.6 is 0 Å². The van der Waals surface area contributed by atoms with Gasteiger partial charge in [0.15, 0.2) is 0 Å². The summed E-state index contributed by atoms with van der Waals surface area (Å²) in [7, 11) is 1.34. The lowest BCUT2D eigenvalue weighted by atomic mass is 9.58. The minimum absolute atomic E-state index is 0.383. The molecule has 0 bridgehead atoms. The van der Waals surface area contributed by atoms with E-state index in [1.165, 1.54) is 13.2 Å². The molecule has 1 saturated carbocycles. The molecule has 0 amide bonds. The molecule has 1 fully saturated rings. The summed E-state index contributed by atoms with van der Waals surface area (Å²) >= 11 is 0. The molecule has 2 N–H and O–H groups in total. The number of carbonyl (C=O) groups is 1. The zero-order chi connectivity index (χ0) is 19.3. The summed E-state index contributed by atoms with van der Waals surface area (Å²) in [6.45, 7) is 9.43. The number of carbonyl (C=O) groups excluding carboxylic acids is 1. The Morgan fingerprint density at radius 1 is 1.04 bits per heavy atom. The molecule has 2 unspecified atom stereocenters. The molecule has 0 saturated heterocycles. The summed E-state index contributed by atoms with van der Waals surface area (Å²) in [6, 6.07) is 0. The summed E-state index contributed by atoms with van der Waals surface area (Å²) in [5.74, 6) is -0.383. The van der Waals surface area contributed by atoms with E-state index in [4.69, 9.17) is 0 Å². The van der Waals surface area contributed by atoms with E-state index in [-0.39, 0.29) is 5.97 Å². The molecule has 0 aromatic carbocycles. The molecule has 2 atom stereocenters. The fourth-order valence-corrected chi connectivity index (χ4v) is 3.34. The standard InChI is InChI=1S/C21H32O4/c1-16(9-7-10-17(2)15-18(22)25-6)11-14-21(24)19(3,4)12-8-13-20(21,5)23/h7,9-11,14-15,23-24H,8,12-13H2,1-6H3. The smallest absolute Gasteiger partial charge is 0.330 e. The third-order valence-corrected chi connectivity index (χ3v) is 5.17. The van der Waals surface area contributed by atoms with Gasteiger partial charge in [0.2, 0.25) is 0 Å². The molecule has 1 aliphatic rings. The second kappa shape index (κ2) is 8.15. The highest BCUT2D eigenvalue weighted by atomic mass is 16.5. The van der Waals surface area contributed by atoms with Gasteiger partial charge in [-0.25, -0.2) is 4.79 Å². The number of rotatable bonds is 5. The Morgan fingerprint density at radius 2 is 1.68 bits per heavy atom. The van der Waals surface area contributed by atoms with Crippen LogP contribution in [-0.4, -0.2) is 34.5 Å². The summed E-state index contributed by atoms with van der Waals surface area (Å²) in [5, 5.41) is 21.9. The number of esters is 1. The first-order chi connectivity index (χ1) is 11.4. The van der Waals surface area contributed by atoms with Crippen molar-refractivity contribution in [1.29, 1.82) is 0 Å². The molecule has 0 heterocycles. The molecule has 1 aliphatic carbocycles. The third kappa shape index (κ3) is 5.16. The fraction of sp³-hybridized carbons (Fsp3) is 0.571. The van der Waals surface area contributed by atoms with Gasteiger partial charge < -0.3 is 14.9 Å². The van der Waals surface area contributed by atoms with E-state index in [0.29, 0.717) is 6.42 Å². The van der Waals surface area contributed by atoms with Crippen molar-refractivity contribution in [3.63, 3.8) is 0 Å². The van der Waals surface area contributed by atoms with Crippen molar-refractivity contribution in [1.82, 2.24) is 0 Å². The SMILES string of the molecule is COC(=O)C=C(C)C=CC=C(C)C=CC1(O)C(C)(C)CCCC1(C)O. The minimum atomic E-state index is -1.28. The van der Waals surface area contributed by atoms with Gasteiger partial charge in [0.25, 0.3) is 0 Å². The molecule has 0 aliphatic heterocycles. The van der Waals surface area contributed by atoms with Gasteiger partial charge in [-0.3, -0.25) is 0 Å². The van der Waals surface area contributed by atoms with Gasteiger partial charge in [0.1, 0.15) is 5.60 Å². The number of ether oxygens (including phenoxy) is 1. The van der Waals surface area contributed by atoms with Crippen LogP contribution in [0.2, 0.25) is 0 Å². The molecule has 0 aromatic heterocycles. The van der Waals surface area contributed by atoms with E-state index in [1.54, 1.807) is 13.0 Å². The van der Waals surface area contributed by atoms with Crippen LogP contribution < -0.4 is 0 Å². The van der Waals surface area contributed by atoms with Crippen LogP contribution in [0.4, 0.5) is 0 Å². The van der Waals surface area contributed by atoms with Crippen molar-refractivity contribution in [3.8, 4) is 0 Å². The molecule has 4 heteroatoms. The molecule has 4 nitrogen and oxygen atoms in total. The van der Waals surface area contributed by atoms with Crippen molar-refractivity contribution >= 4 is 5.97 Å². The highest BCUT2D eigenvalue weighted by Crippen LogP contribution is 2.50. The maximum atomic E-state index is 11.2. The quantitative estimate of drug-likeness (QED) is 0.450. The van der Waals surface area contributed by atoms with Crippen molar-refractivity contribution < 1.29 is 19.7 Å². The summed E-state index contributed by atoms with van der Waals surface area (Å²) in [6.07, 6.45) is 12.9. The number of hydrogen-bond donors (Lipinski definition) is 2. The second-order valence-corrected chi connectivity index (χ2v) is 7.79. The maximum absolute atomic E-state index is 11.2. The molecule has 25 heavy (non-hydrogen) atoms. The van der Waals surface area contributed by atoms with E-state index < -0.39 is 16.6 Å². The van der Waals surface area contributed by atoms with Crippen molar-refractivity contribution in [3.05, 3.63) is 47.6 Å². The number of aliphatic hydroxyl groups is 2. The van der Waals surface area contributed by atoms with Gasteiger partial charge in [0, 0.05) is 6.08 Å². The molecular formula is C21H32O4. The molecule has 0 spiro atoms. The fourth-order valence-electron chi connectivity index (χ4n) is 3.34. The first kappa shape index (κ1) is 21.4. The number of hydrogen-bond acceptors (Lipinski definition) is 4. The lowest BCUT2D eigenvalue weighted by molar-refractivity contribution is -0.194. The Morgan fingerprint density at radius 3 is 2.24 bits per heavy atom. The Labute approximate surface area is 151 Å². The van der Waals surface area contributed by atoms with E-state index in [2.05, 4.69) is 4.74 Å². The van der Waals surface area contributed by atoms with Crippen LogP contribution in [0.15, 0.2) is 47.6 Å². The van der Waals surface area contributed by atoms with Crippen LogP contribution in [0, 0.1) is 5.41 Å². The van der Waals surface area contributed by atoms with Crippen LogP contribution in [0.25, 0.3) is 0 Å². The predicted octanol–water partition coefficient (Wildman–Crippen LogP) is 3.86. The van der Waals surface area contributed by atoms with Crippen LogP contribution in [-0.2, 0) is 9.53 Å². The van der Waals surface area contributed by atoms with E-state index in [9.17, 15) is 15.0 Å². The van der Waals surface area contributed by atoms with Gasteiger partial charge in [-0.1, -0.05) is 43.7 Å². The topological polar surface area (TPSA) is 66.8 Å². The van der Waals surface area contributed by atoms with Crippen molar-refractivity contribution in [2.45, 2.75) is 65.1 Å². The van der Waals surface area contributed by atoms with E-state index in [0.717, 1.165) is 24.0 Å². The van der Waals surface area contributed by atoms with Crippen LogP contribution in [0.1, 0.15) is 53.9 Å². The zero-order valence-corrected chi connectivity index (χ0v) is 16.3. The normalized spacial score (nSPS) is 30.9. The van der Waals surface area contributed by atoms with Crippen LogP contribution in [0.3, 0.4) is 0 Å². The lowest BCUT2D eigenvalue weighted by Crippen LogP contribution is -2.62. The summed E-state index contributed by atoms with van der Waals surface area (Å²) in [4.78, 5) is 11.1. The number of methoxy groups -OCH3 is 1. The molecule has 0 radical (unpaired) electrons. The van der Waals surface area contributed by atoms with Gasteiger partial charge in [-0.15, -0.1) is 0 Å². The largest absolute Gasteiger partial charge is 0.466 e. The second-order valence-electron chi connectivity index (χ2n) is 7.79. The Hall–Kier alpha value is -1.65. The van der Waals surface area contributed by atoms with E-state index >= 15 is 0 Å². The van der Waals surface area contributed by atoms with Crippen LogP contribution in [0.5, 0.6) is 0 Å². The molecule has 1 rings (SSSR count). The minimum Gasteiger partial charge on any atom is -0.466 e. The Bertz CT molecular complexity index is 587. The van der Waals surface area contributed by atoms with Gasteiger partial charge in [0.05, 0.1) is 12.7 Å². The first-order valence-electron chi connectivity index (χ1n) is 8.70. The lowest BCUT2D eigenvalue weighted by Gasteiger charge is -2.53. The Balaban J connectivity index is 2.92. The average Bonchev–Trinajstić information content (AvgIpc) is 2.50. The van der Waals surface area contributed by atoms with Gasteiger partial charge >= 0.3 is 5.97 Å². The third-order valence-electron chi connectivity index (χ3n) is 5.17.